The Morgan fingerprint density at radius 1 is 1.00 bits per heavy atom. The lowest BCUT2D eigenvalue weighted by molar-refractivity contribution is 0.00578. The first kappa shape index (κ1) is 17.2. The van der Waals surface area contributed by atoms with Gasteiger partial charge in [-0.3, -0.25) is 0 Å². The maximum atomic E-state index is 13.2. The zero-order valence-electron chi connectivity index (χ0n) is 13.7. The molecule has 120 valence electrons. The Kier molecular flexibility index (Phi) is 5.08. The third kappa shape index (κ3) is 3.96. The van der Waals surface area contributed by atoms with Crippen molar-refractivity contribution in [2.24, 2.45) is 0 Å². The van der Waals surface area contributed by atoms with Gasteiger partial charge in [0.25, 0.3) is 6.08 Å². The standard InChI is InChI=1S/C17H23BF2O2/c1-16(2)17(3,4)22-18(21-16)12-14(15(19)20)11-10-13-8-6-5-7-9-13/h5-9H,10-12H2,1-4H3. The molecule has 1 fully saturated rings. The second-order valence-electron chi connectivity index (χ2n) is 6.74. The van der Waals surface area contributed by atoms with Crippen LogP contribution in [0.4, 0.5) is 8.78 Å². The minimum absolute atomic E-state index is 0.113. The molecule has 2 rings (SSSR count). The van der Waals surface area contributed by atoms with Crippen LogP contribution in [0.2, 0.25) is 6.32 Å². The summed E-state index contributed by atoms with van der Waals surface area (Å²) in [6.45, 7) is 7.69. The highest BCUT2D eigenvalue weighted by atomic mass is 19.3. The van der Waals surface area contributed by atoms with Crippen LogP contribution < -0.4 is 0 Å². The van der Waals surface area contributed by atoms with E-state index >= 15 is 0 Å². The molecule has 0 bridgehead atoms. The molecular weight excluding hydrogens is 285 g/mol. The van der Waals surface area contributed by atoms with Gasteiger partial charge in [-0.2, -0.15) is 8.78 Å². The molecule has 22 heavy (non-hydrogen) atoms. The van der Waals surface area contributed by atoms with Crippen molar-refractivity contribution in [2.45, 2.75) is 58.1 Å². The third-order valence-corrected chi connectivity index (χ3v) is 4.54. The number of rotatable bonds is 5. The predicted molar refractivity (Wildman–Crippen MR) is 84.9 cm³/mol. The van der Waals surface area contributed by atoms with E-state index < -0.39 is 24.4 Å². The van der Waals surface area contributed by atoms with Crippen LogP contribution in [0.15, 0.2) is 42.0 Å². The van der Waals surface area contributed by atoms with Crippen LogP contribution in [0.5, 0.6) is 0 Å². The number of halogens is 2. The lowest BCUT2D eigenvalue weighted by Gasteiger charge is -2.32. The normalized spacial score (nSPS) is 19.3. The van der Waals surface area contributed by atoms with E-state index in [1.165, 1.54) is 0 Å². The maximum Gasteiger partial charge on any atom is 0.462 e. The van der Waals surface area contributed by atoms with Crippen LogP contribution in [-0.4, -0.2) is 18.3 Å². The first-order valence-corrected chi connectivity index (χ1v) is 7.64. The van der Waals surface area contributed by atoms with Crippen LogP contribution >= 0.6 is 0 Å². The van der Waals surface area contributed by atoms with Gasteiger partial charge in [0.1, 0.15) is 0 Å². The third-order valence-electron chi connectivity index (χ3n) is 4.54. The van der Waals surface area contributed by atoms with Gasteiger partial charge in [-0.25, -0.2) is 0 Å². The van der Waals surface area contributed by atoms with Crippen LogP contribution in [0.25, 0.3) is 0 Å². The molecule has 1 aliphatic rings. The topological polar surface area (TPSA) is 18.5 Å². The van der Waals surface area contributed by atoms with Crippen molar-refractivity contribution in [1.82, 2.24) is 0 Å². The van der Waals surface area contributed by atoms with Crippen LogP contribution in [0, 0.1) is 0 Å². The summed E-state index contributed by atoms with van der Waals surface area (Å²) in [5.74, 6) is 0. The van der Waals surface area contributed by atoms with Gasteiger partial charge in [0.05, 0.1) is 11.2 Å². The minimum atomic E-state index is -1.62. The smallest absolute Gasteiger partial charge is 0.403 e. The molecule has 0 N–H and O–H groups in total. The van der Waals surface area contributed by atoms with Crippen molar-refractivity contribution in [1.29, 1.82) is 0 Å². The van der Waals surface area contributed by atoms with E-state index in [0.717, 1.165) is 5.56 Å². The molecule has 0 aliphatic carbocycles. The fourth-order valence-electron chi connectivity index (χ4n) is 2.46. The van der Waals surface area contributed by atoms with Gasteiger partial charge in [-0.15, -0.1) is 0 Å². The molecule has 0 spiro atoms. The molecule has 1 aliphatic heterocycles. The number of benzene rings is 1. The molecule has 1 aromatic rings. The summed E-state index contributed by atoms with van der Waals surface area (Å²) in [6, 6.07) is 9.64. The van der Waals surface area contributed by atoms with Crippen molar-refractivity contribution in [3.05, 3.63) is 47.5 Å². The highest BCUT2D eigenvalue weighted by molar-refractivity contribution is 6.46. The Morgan fingerprint density at radius 3 is 2.05 bits per heavy atom. The van der Waals surface area contributed by atoms with Crippen molar-refractivity contribution >= 4 is 7.12 Å². The Labute approximate surface area is 131 Å². The summed E-state index contributed by atoms with van der Waals surface area (Å²) >= 11 is 0. The Hall–Kier alpha value is -1.20. The summed E-state index contributed by atoms with van der Waals surface area (Å²) in [6.07, 6.45) is -0.600. The lowest BCUT2D eigenvalue weighted by Crippen LogP contribution is -2.41. The molecule has 0 unspecified atom stereocenters. The van der Waals surface area contributed by atoms with E-state index in [2.05, 4.69) is 0 Å². The first-order chi connectivity index (χ1) is 10.2. The highest BCUT2D eigenvalue weighted by Gasteiger charge is 2.51. The average molecular weight is 308 g/mol. The molecular formula is C17H23BF2O2. The molecule has 0 saturated carbocycles. The number of hydrogen-bond donors (Lipinski definition) is 0. The molecule has 1 aromatic carbocycles. The number of aryl methyl sites for hydroxylation is 1. The summed E-state index contributed by atoms with van der Waals surface area (Å²) < 4.78 is 38.0. The monoisotopic (exact) mass is 308 g/mol. The van der Waals surface area contributed by atoms with Crippen LogP contribution in [-0.2, 0) is 15.7 Å². The second kappa shape index (κ2) is 6.51. The van der Waals surface area contributed by atoms with Crippen LogP contribution in [0.1, 0.15) is 39.7 Å². The van der Waals surface area contributed by atoms with Gasteiger partial charge in [-0.1, -0.05) is 30.3 Å². The summed E-state index contributed by atoms with van der Waals surface area (Å²) in [4.78, 5) is 0. The molecule has 2 nitrogen and oxygen atoms in total. The maximum absolute atomic E-state index is 13.2. The van der Waals surface area contributed by atoms with Gasteiger partial charge >= 0.3 is 7.12 Å². The van der Waals surface area contributed by atoms with Crippen LogP contribution in [0.3, 0.4) is 0 Å². The summed E-state index contributed by atoms with van der Waals surface area (Å²) in [7, 11) is -0.614. The molecule has 0 atom stereocenters. The fraction of sp³-hybridized carbons (Fsp3) is 0.529. The SMILES string of the molecule is CC1(C)OB(CC(CCc2ccccc2)=C(F)F)OC1(C)C. The molecule has 1 saturated heterocycles. The molecule has 1 heterocycles. The summed E-state index contributed by atoms with van der Waals surface area (Å²) in [5, 5.41) is 0. The van der Waals surface area contributed by atoms with Crippen molar-refractivity contribution in [2.75, 3.05) is 0 Å². The molecule has 0 aromatic heterocycles. The molecule has 0 radical (unpaired) electrons. The highest BCUT2D eigenvalue weighted by Crippen LogP contribution is 2.39. The van der Waals surface area contributed by atoms with E-state index in [1.807, 2.05) is 58.0 Å². The van der Waals surface area contributed by atoms with Gasteiger partial charge in [-0.05, 0) is 51.7 Å². The largest absolute Gasteiger partial charge is 0.462 e. The minimum Gasteiger partial charge on any atom is -0.403 e. The van der Waals surface area contributed by atoms with Crippen molar-refractivity contribution < 1.29 is 18.1 Å². The van der Waals surface area contributed by atoms with E-state index in [0.29, 0.717) is 12.8 Å². The summed E-state index contributed by atoms with van der Waals surface area (Å²) in [5.41, 5.74) is 0.182. The second-order valence-corrected chi connectivity index (χ2v) is 6.74. The predicted octanol–water partition coefficient (Wildman–Crippen LogP) is 4.86. The van der Waals surface area contributed by atoms with Crippen molar-refractivity contribution in [3.63, 3.8) is 0 Å². The Bertz CT molecular complexity index is 521. The first-order valence-electron chi connectivity index (χ1n) is 7.64. The van der Waals surface area contributed by atoms with Gasteiger partial charge < -0.3 is 9.31 Å². The zero-order valence-corrected chi connectivity index (χ0v) is 13.7. The van der Waals surface area contributed by atoms with E-state index in [-0.39, 0.29) is 11.9 Å². The quantitative estimate of drug-likeness (QED) is 0.723. The average Bonchev–Trinajstić information content (AvgIpc) is 2.63. The Morgan fingerprint density at radius 2 is 1.55 bits per heavy atom. The van der Waals surface area contributed by atoms with E-state index in [9.17, 15) is 8.78 Å². The zero-order chi connectivity index (χ0) is 16.4. The number of allylic oxidation sites excluding steroid dienone is 1. The molecule has 5 heteroatoms. The van der Waals surface area contributed by atoms with E-state index in [1.54, 1.807) is 0 Å². The number of hydrogen-bond acceptors (Lipinski definition) is 2. The van der Waals surface area contributed by atoms with Gasteiger partial charge in [0.2, 0.25) is 0 Å². The lowest BCUT2D eigenvalue weighted by atomic mass is 9.79. The fourth-order valence-corrected chi connectivity index (χ4v) is 2.46. The van der Waals surface area contributed by atoms with E-state index in [4.69, 9.17) is 9.31 Å². The Balaban J connectivity index is 1.98. The van der Waals surface area contributed by atoms with Gasteiger partial charge in [0.15, 0.2) is 0 Å². The van der Waals surface area contributed by atoms with Crippen molar-refractivity contribution in [3.8, 4) is 0 Å². The van der Waals surface area contributed by atoms with Gasteiger partial charge in [0, 0.05) is 6.32 Å². The molecule has 0 amide bonds.